The summed E-state index contributed by atoms with van der Waals surface area (Å²) in [5, 5.41) is 0.494. The fourth-order valence-electron chi connectivity index (χ4n) is 2.56. The third-order valence-corrected chi connectivity index (χ3v) is 3.92. The molecule has 116 valence electrons. The molecule has 2 rings (SSSR count). The highest BCUT2D eigenvalue weighted by Crippen LogP contribution is 2.29. The number of aromatic nitrogens is 1. The van der Waals surface area contributed by atoms with Crippen LogP contribution >= 0.6 is 11.6 Å². The number of carbonyl (C=O) groups excluding carboxylic acids is 1. The van der Waals surface area contributed by atoms with Crippen LogP contribution in [-0.2, 0) is 4.74 Å². The van der Waals surface area contributed by atoms with Gasteiger partial charge < -0.3 is 4.74 Å². The predicted octanol–water partition coefficient (Wildman–Crippen LogP) is 3.58. The molecule has 0 saturated carbocycles. The van der Waals surface area contributed by atoms with Crippen molar-refractivity contribution in [1.82, 2.24) is 15.0 Å². The zero-order valence-corrected chi connectivity index (χ0v) is 13.8. The number of pyridine rings is 1. The lowest BCUT2D eigenvalue weighted by atomic mass is 10.2. The third-order valence-electron chi connectivity index (χ3n) is 3.53. The normalized spacial score (nSPS) is 17.6. The Morgan fingerprint density at radius 3 is 2.52 bits per heavy atom. The Bertz CT molecular complexity index is 534. The summed E-state index contributed by atoms with van der Waals surface area (Å²) in [6.45, 7) is 9.15. The highest BCUT2D eigenvalue weighted by atomic mass is 35.5. The molecule has 6 heteroatoms. The topological polar surface area (TPSA) is 51.2 Å². The zero-order chi connectivity index (χ0) is 15.7. The number of nitrogens with one attached hydrogen (secondary N) is 1. The molecule has 21 heavy (non-hydrogen) atoms. The molecule has 1 aliphatic heterocycles. The second kappa shape index (κ2) is 5.81. The standard InChI is InChI=1S/C15H22ClN3O2/c1-11-9-12(10-17-13(11)16)19(7-5-6-8-19)18-14(20)21-15(2,3)4/h9-10H,5-8H2,1-4H3/p+1. The molecule has 1 fully saturated rings. The van der Waals surface area contributed by atoms with Crippen molar-refractivity contribution in [2.45, 2.75) is 46.1 Å². The molecule has 5 nitrogen and oxygen atoms in total. The van der Waals surface area contributed by atoms with Crippen molar-refractivity contribution in [3.63, 3.8) is 0 Å². The lowest BCUT2D eigenvalue weighted by Crippen LogP contribution is -2.60. The molecule has 0 atom stereocenters. The van der Waals surface area contributed by atoms with Crippen molar-refractivity contribution in [1.29, 1.82) is 0 Å². The van der Waals surface area contributed by atoms with E-state index in [4.69, 9.17) is 16.3 Å². The molecule has 0 unspecified atom stereocenters. The first-order valence-corrected chi connectivity index (χ1v) is 7.61. The van der Waals surface area contributed by atoms with Gasteiger partial charge in [-0.1, -0.05) is 11.6 Å². The number of nitrogens with zero attached hydrogens (tertiary/aromatic N) is 2. The number of hydrogen-bond donors (Lipinski definition) is 1. The fraction of sp³-hybridized carbons (Fsp3) is 0.600. The SMILES string of the molecule is Cc1cc([N+]2(NC(=O)OC(C)(C)C)CCCC2)cnc1Cl. The van der Waals surface area contributed by atoms with Crippen LogP contribution in [0, 0.1) is 6.92 Å². The molecule has 1 aliphatic rings. The highest BCUT2D eigenvalue weighted by Gasteiger charge is 2.39. The molecule has 1 N–H and O–H groups in total. The first kappa shape index (κ1) is 16.0. The average Bonchev–Trinajstić information content (AvgIpc) is 2.79. The third kappa shape index (κ3) is 3.86. The van der Waals surface area contributed by atoms with Crippen LogP contribution in [0.15, 0.2) is 12.3 Å². The van der Waals surface area contributed by atoms with Crippen molar-refractivity contribution in [2.75, 3.05) is 13.1 Å². The van der Waals surface area contributed by atoms with E-state index in [1.807, 2.05) is 33.8 Å². The smallest absolute Gasteiger partial charge is 0.441 e. The maximum Gasteiger partial charge on any atom is 0.452 e. The Kier molecular flexibility index (Phi) is 4.44. The van der Waals surface area contributed by atoms with E-state index in [9.17, 15) is 4.79 Å². The molecule has 0 aliphatic carbocycles. The number of hydrogen-bond acceptors (Lipinski definition) is 3. The van der Waals surface area contributed by atoms with Crippen LogP contribution in [0.3, 0.4) is 0 Å². The van der Waals surface area contributed by atoms with Crippen molar-refractivity contribution >= 4 is 23.4 Å². The predicted molar refractivity (Wildman–Crippen MR) is 84.1 cm³/mol. The van der Waals surface area contributed by atoms with E-state index in [-0.39, 0.29) is 0 Å². The van der Waals surface area contributed by atoms with Gasteiger partial charge in [0.25, 0.3) is 0 Å². The van der Waals surface area contributed by atoms with Gasteiger partial charge in [-0.2, -0.15) is 10.0 Å². The van der Waals surface area contributed by atoms with Gasteiger partial charge in [-0.3, -0.25) is 0 Å². The number of carbonyl (C=O) groups is 1. The second-order valence-corrected chi connectivity index (χ2v) is 6.90. The van der Waals surface area contributed by atoms with Gasteiger partial charge in [-0.15, -0.1) is 0 Å². The van der Waals surface area contributed by atoms with Gasteiger partial charge in [0.15, 0.2) is 5.69 Å². The van der Waals surface area contributed by atoms with Crippen LogP contribution in [0.25, 0.3) is 0 Å². The van der Waals surface area contributed by atoms with E-state index < -0.39 is 11.7 Å². The minimum absolute atomic E-state index is 0.375. The first-order chi connectivity index (χ1) is 9.72. The Morgan fingerprint density at radius 1 is 1.38 bits per heavy atom. The Labute approximate surface area is 130 Å². The molecule has 0 spiro atoms. The number of rotatable bonds is 2. The first-order valence-electron chi connectivity index (χ1n) is 7.23. The molecule has 0 bridgehead atoms. The summed E-state index contributed by atoms with van der Waals surface area (Å²) in [7, 11) is 0. The van der Waals surface area contributed by atoms with Crippen LogP contribution in [0.4, 0.5) is 10.5 Å². The average molecular weight is 313 g/mol. The van der Waals surface area contributed by atoms with E-state index in [1.54, 1.807) is 6.20 Å². The van der Waals surface area contributed by atoms with Gasteiger partial charge in [0.05, 0.1) is 6.20 Å². The summed E-state index contributed by atoms with van der Waals surface area (Å²) in [5.74, 6) is 0. The number of amides is 1. The van der Waals surface area contributed by atoms with E-state index in [2.05, 4.69) is 10.4 Å². The van der Waals surface area contributed by atoms with Crippen LogP contribution in [0.1, 0.15) is 39.2 Å². The van der Waals surface area contributed by atoms with Gasteiger partial charge in [-0.25, -0.2) is 9.78 Å². The molecule has 0 aromatic carbocycles. The molecule has 1 aromatic rings. The summed E-state index contributed by atoms with van der Waals surface area (Å²) in [5.41, 5.74) is 4.34. The van der Waals surface area contributed by atoms with E-state index in [0.29, 0.717) is 9.75 Å². The number of ether oxygens (including phenoxy) is 1. The zero-order valence-electron chi connectivity index (χ0n) is 13.1. The second-order valence-electron chi connectivity index (χ2n) is 6.54. The molecule has 1 saturated heterocycles. The number of quaternary nitrogens is 1. The molecular weight excluding hydrogens is 290 g/mol. The molecular formula is C15H23ClN3O2+. The minimum Gasteiger partial charge on any atom is -0.441 e. The highest BCUT2D eigenvalue weighted by molar-refractivity contribution is 6.30. The molecule has 1 aromatic heterocycles. The minimum atomic E-state index is -0.512. The van der Waals surface area contributed by atoms with Gasteiger partial charge in [-0.05, 0) is 33.3 Å². The lowest BCUT2D eigenvalue weighted by molar-refractivity contribution is 0.0373. The van der Waals surface area contributed by atoms with Crippen LogP contribution < -0.4 is 10.0 Å². The molecule has 2 heterocycles. The van der Waals surface area contributed by atoms with Crippen LogP contribution in [0.2, 0.25) is 5.15 Å². The maximum atomic E-state index is 12.1. The number of halogens is 1. The fourth-order valence-corrected chi connectivity index (χ4v) is 2.67. The Balaban J connectivity index is 2.24. The van der Waals surface area contributed by atoms with Crippen molar-refractivity contribution in [3.05, 3.63) is 23.0 Å². The van der Waals surface area contributed by atoms with E-state index in [1.165, 1.54) is 0 Å². The molecule has 0 radical (unpaired) electrons. The largest absolute Gasteiger partial charge is 0.452 e. The van der Waals surface area contributed by atoms with E-state index >= 15 is 0 Å². The van der Waals surface area contributed by atoms with Gasteiger partial charge in [0, 0.05) is 18.9 Å². The van der Waals surface area contributed by atoms with Crippen molar-refractivity contribution < 1.29 is 9.53 Å². The maximum absolute atomic E-state index is 12.1. The summed E-state index contributed by atoms with van der Waals surface area (Å²) in [4.78, 5) is 16.4. The monoisotopic (exact) mass is 312 g/mol. The van der Waals surface area contributed by atoms with Crippen LogP contribution in [-0.4, -0.2) is 29.8 Å². The van der Waals surface area contributed by atoms with Gasteiger partial charge >= 0.3 is 6.09 Å². The molecule has 1 amide bonds. The summed E-state index contributed by atoms with van der Waals surface area (Å²) in [6.07, 6.45) is 3.43. The van der Waals surface area contributed by atoms with Gasteiger partial charge in [0.2, 0.25) is 0 Å². The Hall–Kier alpha value is -1.33. The summed E-state index contributed by atoms with van der Waals surface area (Å²) >= 11 is 6.00. The number of aryl methyl sites for hydroxylation is 1. The Morgan fingerprint density at radius 2 is 2.00 bits per heavy atom. The van der Waals surface area contributed by atoms with E-state index in [0.717, 1.165) is 37.2 Å². The van der Waals surface area contributed by atoms with Gasteiger partial charge in [0.1, 0.15) is 23.8 Å². The summed E-state index contributed by atoms with van der Waals surface area (Å²) in [6, 6.07) is 1.98. The van der Waals surface area contributed by atoms with Crippen LogP contribution in [0.5, 0.6) is 0 Å². The van der Waals surface area contributed by atoms with Crippen molar-refractivity contribution in [2.24, 2.45) is 0 Å². The quantitative estimate of drug-likeness (QED) is 0.670. The lowest BCUT2D eigenvalue weighted by Gasteiger charge is -2.33. The van der Waals surface area contributed by atoms with Crippen molar-refractivity contribution in [3.8, 4) is 0 Å². The summed E-state index contributed by atoms with van der Waals surface area (Å²) < 4.78 is 5.76.